The molecule has 0 aliphatic rings. The first kappa shape index (κ1) is 9.81. The first-order valence-electron chi connectivity index (χ1n) is 4.62. The van der Waals surface area contributed by atoms with Crippen LogP contribution in [0.4, 0.5) is 0 Å². The fourth-order valence-electron chi connectivity index (χ4n) is 1.26. The Hall–Kier alpha value is -0.730. The summed E-state index contributed by atoms with van der Waals surface area (Å²) >= 11 is 3.78. The summed E-state index contributed by atoms with van der Waals surface area (Å²) in [7, 11) is 0. The first-order valence-corrected chi connectivity index (χ1v) is 6.43. The van der Waals surface area contributed by atoms with E-state index in [4.69, 9.17) is 0 Å². The third-order valence-electron chi connectivity index (χ3n) is 1.96. The van der Waals surface area contributed by atoms with E-state index in [1.165, 1.54) is 14.3 Å². The van der Waals surface area contributed by atoms with Crippen molar-refractivity contribution in [2.75, 3.05) is 5.75 Å². The highest BCUT2D eigenvalue weighted by molar-refractivity contribution is 8.01. The average Bonchev–Trinajstić information content (AvgIpc) is 2.60. The van der Waals surface area contributed by atoms with E-state index in [1.54, 1.807) is 0 Å². The van der Waals surface area contributed by atoms with Gasteiger partial charge >= 0.3 is 0 Å². The van der Waals surface area contributed by atoms with Crippen molar-refractivity contribution in [3.05, 3.63) is 42.5 Å². The topological polar surface area (TPSA) is 0 Å². The zero-order valence-electron chi connectivity index (χ0n) is 8.07. The standard InChI is InChI=1S/C12H12S2/c1-2-3-8-13-12-9-10-6-4-5-7-11(10)14-12/h2-7,9H,8H2,1H3. The van der Waals surface area contributed by atoms with Crippen LogP contribution in [0.2, 0.25) is 0 Å². The molecule has 14 heavy (non-hydrogen) atoms. The highest BCUT2D eigenvalue weighted by atomic mass is 32.2. The largest absolute Gasteiger partial charge is 0.129 e. The van der Waals surface area contributed by atoms with Crippen LogP contribution in [0, 0.1) is 0 Å². The molecule has 0 atom stereocenters. The molecule has 0 saturated heterocycles. The Labute approximate surface area is 92.6 Å². The second kappa shape index (κ2) is 4.67. The molecule has 72 valence electrons. The lowest BCUT2D eigenvalue weighted by atomic mass is 10.3. The molecule has 0 spiro atoms. The smallest absolute Gasteiger partial charge is 0.0614 e. The molecule has 2 aromatic rings. The highest BCUT2D eigenvalue weighted by Crippen LogP contribution is 2.32. The van der Waals surface area contributed by atoms with Crippen LogP contribution < -0.4 is 0 Å². The number of hydrogen-bond donors (Lipinski definition) is 0. The molecule has 1 aromatic heterocycles. The van der Waals surface area contributed by atoms with Crippen LogP contribution in [0.15, 0.2) is 46.7 Å². The molecule has 0 bridgehead atoms. The number of fused-ring (bicyclic) bond motifs is 1. The van der Waals surface area contributed by atoms with Gasteiger partial charge in [0.2, 0.25) is 0 Å². The molecule has 0 aliphatic heterocycles. The van der Waals surface area contributed by atoms with Crippen molar-refractivity contribution >= 4 is 33.2 Å². The van der Waals surface area contributed by atoms with Crippen molar-refractivity contribution in [1.82, 2.24) is 0 Å². The molecular weight excluding hydrogens is 208 g/mol. The van der Waals surface area contributed by atoms with E-state index < -0.39 is 0 Å². The second-order valence-corrected chi connectivity index (χ2v) is 5.39. The van der Waals surface area contributed by atoms with Gasteiger partial charge in [-0.05, 0) is 24.4 Å². The summed E-state index contributed by atoms with van der Waals surface area (Å²) in [4.78, 5) is 0. The van der Waals surface area contributed by atoms with Crippen LogP contribution in [0.5, 0.6) is 0 Å². The number of benzene rings is 1. The summed E-state index contributed by atoms with van der Waals surface area (Å²) in [5.41, 5.74) is 0. The summed E-state index contributed by atoms with van der Waals surface area (Å²) < 4.78 is 2.79. The van der Waals surface area contributed by atoms with Crippen molar-refractivity contribution in [1.29, 1.82) is 0 Å². The lowest BCUT2D eigenvalue weighted by Crippen LogP contribution is -1.65. The summed E-state index contributed by atoms with van der Waals surface area (Å²) in [6, 6.07) is 10.8. The summed E-state index contributed by atoms with van der Waals surface area (Å²) in [5, 5.41) is 1.36. The van der Waals surface area contributed by atoms with Gasteiger partial charge in [0.1, 0.15) is 0 Å². The summed E-state index contributed by atoms with van der Waals surface area (Å²) in [5.74, 6) is 1.07. The summed E-state index contributed by atoms with van der Waals surface area (Å²) in [6.45, 7) is 2.06. The maximum absolute atomic E-state index is 2.27. The molecule has 0 N–H and O–H groups in total. The van der Waals surface area contributed by atoms with Gasteiger partial charge in [0.15, 0.2) is 0 Å². The molecule has 1 aromatic carbocycles. The molecule has 0 saturated carbocycles. The van der Waals surface area contributed by atoms with Crippen LogP contribution in [0.25, 0.3) is 10.1 Å². The highest BCUT2D eigenvalue weighted by Gasteiger charge is 1.99. The molecule has 1 heterocycles. The van der Waals surface area contributed by atoms with E-state index in [1.807, 2.05) is 23.1 Å². The molecule has 0 fully saturated rings. The minimum atomic E-state index is 1.07. The number of allylic oxidation sites excluding steroid dienone is 1. The predicted molar refractivity (Wildman–Crippen MR) is 67.4 cm³/mol. The molecule has 2 rings (SSSR count). The van der Waals surface area contributed by atoms with Gasteiger partial charge in [0, 0.05) is 10.5 Å². The monoisotopic (exact) mass is 220 g/mol. The molecule has 0 unspecified atom stereocenters. The van der Waals surface area contributed by atoms with Crippen molar-refractivity contribution in [3.63, 3.8) is 0 Å². The third-order valence-corrected chi connectivity index (χ3v) is 4.24. The lowest BCUT2D eigenvalue weighted by molar-refractivity contribution is 1.64. The van der Waals surface area contributed by atoms with Crippen LogP contribution in [-0.2, 0) is 0 Å². The first-order chi connectivity index (χ1) is 6.90. The van der Waals surface area contributed by atoms with E-state index >= 15 is 0 Å². The number of thiophene rings is 1. The van der Waals surface area contributed by atoms with E-state index in [0.29, 0.717) is 0 Å². The van der Waals surface area contributed by atoms with E-state index in [2.05, 4.69) is 49.4 Å². The Morgan fingerprint density at radius 1 is 1.36 bits per heavy atom. The zero-order valence-corrected chi connectivity index (χ0v) is 9.70. The van der Waals surface area contributed by atoms with Crippen molar-refractivity contribution < 1.29 is 0 Å². The van der Waals surface area contributed by atoms with Gasteiger partial charge in [-0.25, -0.2) is 0 Å². The van der Waals surface area contributed by atoms with Crippen molar-refractivity contribution in [2.24, 2.45) is 0 Å². The van der Waals surface area contributed by atoms with Gasteiger partial charge in [0.05, 0.1) is 4.21 Å². The molecule has 0 amide bonds. The van der Waals surface area contributed by atoms with Gasteiger partial charge in [-0.15, -0.1) is 23.1 Å². The van der Waals surface area contributed by atoms with Gasteiger partial charge in [-0.3, -0.25) is 0 Å². The van der Waals surface area contributed by atoms with Crippen LogP contribution in [-0.4, -0.2) is 5.75 Å². The van der Waals surface area contributed by atoms with Crippen LogP contribution in [0.1, 0.15) is 6.92 Å². The van der Waals surface area contributed by atoms with Gasteiger partial charge in [-0.1, -0.05) is 30.4 Å². The maximum atomic E-state index is 2.27. The lowest BCUT2D eigenvalue weighted by Gasteiger charge is -1.89. The number of rotatable bonds is 3. The minimum Gasteiger partial charge on any atom is -0.129 e. The number of hydrogen-bond acceptors (Lipinski definition) is 2. The van der Waals surface area contributed by atoms with Gasteiger partial charge in [0.25, 0.3) is 0 Å². The van der Waals surface area contributed by atoms with Crippen molar-refractivity contribution in [2.45, 2.75) is 11.1 Å². The SMILES string of the molecule is CC=CCSc1cc2ccccc2s1. The van der Waals surface area contributed by atoms with Crippen molar-refractivity contribution in [3.8, 4) is 0 Å². The van der Waals surface area contributed by atoms with Gasteiger partial charge in [-0.2, -0.15) is 0 Å². The maximum Gasteiger partial charge on any atom is 0.0614 e. The van der Waals surface area contributed by atoms with Crippen LogP contribution in [0.3, 0.4) is 0 Å². The Morgan fingerprint density at radius 3 is 3.00 bits per heavy atom. The Morgan fingerprint density at radius 2 is 2.21 bits per heavy atom. The summed E-state index contributed by atoms with van der Waals surface area (Å²) in [6.07, 6.45) is 4.29. The molecule has 2 heteroatoms. The van der Waals surface area contributed by atoms with E-state index in [9.17, 15) is 0 Å². The quantitative estimate of drug-likeness (QED) is 0.539. The second-order valence-electron chi connectivity index (χ2n) is 2.98. The average molecular weight is 220 g/mol. The normalized spacial score (nSPS) is 11.5. The fourth-order valence-corrected chi connectivity index (χ4v) is 3.42. The Kier molecular flexibility index (Phi) is 3.27. The van der Waals surface area contributed by atoms with Crippen LogP contribution >= 0.6 is 23.1 Å². The van der Waals surface area contributed by atoms with E-state index in [0.717, 1.165) is 5.75 Å². The third kappa shape index (κ3) is 2.20. The molecule has 0 aliphatic carbocycles. The zero-order chi connectivity index (χ0) is 9.80. The molecular formula is C12H12S2. The Balaban J connectivity index is 2.18. The minimum absolute atomic E-state index is 1.07. The molecule has 0 radical (unpaired) electrons. The fraction of sp³-hybridized carbons (Fsp3) is 0.167. The van der Waals surface area contributed by atoms with E-state index in [-0.39, 0.29) is 0 Å². The van der Waals surface area contributed by atoms with Gasteiger partial charge < -0.3 is 0 Å². The Bertz CT molecular complexity index is 407. The number of thioether (sulfide) groups is 1. The molecule has 0 nitrogen and oxygen atoms in total. The predicted octanol–water partition coefficient (Wildman–Crippen LogP) is 4.57.